The Hall–Kier alpha value is -3.52. The molecule has 0 saturated carbocycles. The first-order valence-corrected chi connectivity index (χ1v) is 12.5. The Bertz CT molecular complexity index is 1160. The number of amides is 1. The van der Waals surface area contributed by atoms with Crippen LogP contribution in [0.15, 0.2) is 42.5 Å². The number of benzene rings is 2. The van der Waals surface area contributed by atoms with Crippen LogP contribution in [0.4, 0.5) is 0 Å². The van der Waals surface area contributed by atoms with Crippen molar-refractivity contribution >= 4 is 5.91 Å². The second-order valence-electron chi connectivity index (χ2n) is 8.68. The van der Waals surface area contributed by atoms with Crippen molar-refractivity contribution in [2.75, 3.05) is 40.6 Å². The van der Waals surface area contributed by atoms with E-state index in [-0.39, 0.29) is 11.9 Å². The molecule has 3 aromatic rings. The third-order valence-corrected chi connectivity index (χ3v) is 6.31. The number of hydrogen-bond acceptors (Lipinski definition) is 6. The van der Waals surface area contributed by atoms with E-state index in [2.05, 4.69) is 17.1 Å². The molecular formula is C28H35N3O5. The zero-order valence-corrected chi connectivity index (χ0v) is 21.5. The number of hydrogen-bond donors (Lipinski definition) is 1. The monoisotopic (exact) mass is 493 g/mol. The van der Waals surface area contributed by atoms with Crippen LogP contribution in [0.2, 0.25) is 0 Å². The molecule has 36 heavy (non-hydrogen) atoms. The third kappa shape index (κ3) is 5.18. The summed E-state index contributed by atoms with van der Waals surface area (Å²) in [5.41, 5.74) is 3.99. The van der Waals surface area contributed by atoms with E-state index in [1.54, 1.807) is 14.2 Å². The van der Waals surface area contributed by atoms with Gasteiger partial charge in [-0.2, -0.15) is 5.10 Å². The number of rotatable bonds is 13. The second-order valence-corrected chi connectivity index (χ2v) is 8.68. The minimum atomic E-state index is -0.316. The van der Waals surface area contributed by atoms with E-state index in [1.807, 2.05) is 54.3 Å². The fourth-order valence-corrected chi connectivity index (χ4v) is 4.53. The summed E-state index contributed by atoms with van der Waals surface area (Å²) in [4.78, 5) is 15.4. The van der Waals surface area contributed by atoms with Gasteiger partial charge in [-0.3, -0.25) is 9.89 Å². The highest BCUT2D eigenvalue weighted by Crippen LogP contribution is 2.44. The van der Waals surface area contributed by atoms with Crippen molar-refractivity contribution in [2.45, 2.75) is 39.2 Å². The van der Waals surface area contributed by atoms with E-state index in [0.29, 0.717) is 43.6 Å². The molecule has 1 aromatic heterocycles. The molecule has 1 unspecified atom stereocenters. The van der Waals surface area contributed by atoms with Crippen LogP contribution in [0.5, 0.6) is 17.2 Å². The summed E-state index contributed by atoms with van der Waals surface area (Å²) in [6.45, 7) is 6.36. The summed E-state index contributed by atoms with van der Waals surface area (Å²) in [6.07, 6.45) is 2.76. The topological polar surface area (TPSA) is 85.9 Å². The molecular weight excluding hydrogens is 458 g/mol. The van der Waals surface area contributed by atoms with Crippen molar-refractivity contribution in [3.05, 3.63) is 59.3 Å². The van der Waals surface area contributed by atoms with Crippen molar-refractivity contribution in [1.82, 2.24) is 15.1 Å². The van der Waals surface area contributed by atoms with Crippen molar-refractivity contribution in [2.24, 2.45) is 0 Å². The number of aromatic amines is 1. The molecule has 1 aliphatic rings. The van der Waals surface area contributed by atoms with Crippen molar-refractivity contribution in [3.63, 3.8) is 0 Å². The Morgan fingerprint density at radius 3 is 2.47 bits per heavy atom. The molecule has 0 radical (unpaired) electrons. The number of fused-ring (bicyclic) bond motifs is 1. The van der Waals surface area contributed by atoms with Crippen LogP contribution in [-0.4, -0.2) is 61.6 Å². The maximum Gasteiger partial charge on any atom is 0.273 e. The fourth-order valence-electron chi connectivity index (χ4n) is 4.53. The number of carbonyl (C=O) groups excluding carboxylic acids is 1. The van der Waals surface area contributed by atoms with Crippen molar-refractivity contribution in [1.29, 1.82) is 0 Å². The Kier molecular flexibility index (Phi) is 8.48. The first-order valence-electron chi connectivity index (χ1n) is 12.5. The van der Waals surface area contributed by atoms with Gasteiger partial charge in [0.2, 0.25) is 0 Å². The minimum absolute atomic E-state index is 0.0698. The second kappa shape index (κ2) is 11.9. The summed E-state index contributed by atoms with van der Waals surface area (Å²) >= 11 is 0. The number of H-pyrrole nitrogens is 1. The third-order valence-electron chi connectivity index (χ3n) is 6.31. The zero-order chi connectivity index (χ0) is 25.5. The van der Waals surface area contributed by atoms with Crippen LogP contribution >= 0.6 is 0 Å². The van der Waals surface area contributed by atoms with Crippen LogP contribution in [0.25, 0.3) is 11.3 Å². The van der Waals surface area contributed by atoms with Gasteiger partial charge in [-0.1, -0.05) is 19.4 Å². The van der Waals surface area contributed by atoms with Crippen molar-refractivity contribution in [3.8, 4) is 28.5 Å². The summed E-state index contributed by atoms with van der Waals surface area (Å²) in [5, 5.41) is 7.56. The molecule has 0 saturated heterocycles. The fraction of sp³-hybridized carbons (Fsp3) is 0.429. The van der Waals surface area contributed by atoms with Gasteiger partial charge in [0.05, 0.1) is 32.1 Å². The lowest BCUT2D eigenvalue weighted by atomic mass is 9.95. The zero-order valence-electron chi connectivity index (χ0n) is 21.5. The Balaban J connectivity index is 1.77. The molecule has 0 aliphatic carbocycles. The van der Waals surface area contributed by atoms with Crippen molar-refractivity contribution < 1.29 is 23.7 Å². The van der Waals surface area contributed by atoms with Gasteiger partial charge in [0.1, 0.15) is 11.4 Å². The highest BCUT2D eigenvalue weighted by Gasteiger charge is 2.42. The molecule has 8 nitrogen and oxygen atoms in total. The Morgan fingerprint density at radius 1 is 0.972 bits per heavy atom. The van der Waals surface area contributed by atoms with E-state index in [9.17, 15) is 4.79 Å². The molecule has 1 atom stereocenters. The summed E-state index contributed by atoms with van der Waals surface area (Å²) in [5.74, 6) is 2.09. The number of carbonyl (C=O) groups is 1. The molecule has 0 spiro atoms. The molecule has 1 N–H and O–H groups in total. The van der Waals surface area contributed by atoms with E-state index in [0.717, 1.165) is 47.4 Å². The first kappa shape index (κ1) is 25.6. The lowest BCUT2D eigenvalue weighted by molar-refractivity contribution is 0.0723. The standard InChI is InChI=1S/C28H35N3O5/c1-5-7-17-36-22-14-11-20(18-23(22)35-6-2)27-24-25(19-9-12-21(34-4)13-10-19)29-30-26(24)28(32)31(27)15-8-16-33-3/h9-14,18,27H,5-8,15-17H2,1-4H3,(H,29,30). The number of unbranched alkanes of at least 4 members (excludes halogenated alkanes) is 1. The number of nitrogens with one attached hydrogen (secondary N) is 1. The van der Waals surface area contributed by atoms with Crippen LogP contribution in [0.1, 0.15) is 60.8 Å². The van der Waals surface area contributed by atoms with Gasteiger partial charge in [-0.05, 0) is 61.7 Å². The summed E-state index contributed by atoms with van der Waals surface area (Å²) in [6, 6.07) is 13.4. The van der Waals surface area contributed by atoms with Gasteiger partial charge in [0.25, 0.3) is 5.91 Å². The Labute approximate surface area is 212 Å². The lowest BCUT2D eigenvalue weighted by Crippen LogP contribution is -2.31. The molecule has 2 aromatic carbocycles. The van der Waals surface area contributed by atoms with Gasteiger partial charge in [0, 0.05) is 31.4 Å². The van der Waals surface area contributed by atoms with Gasteiger partial charge in [-0.25, -0.2) is 0 Å². The molecule has 192 valence electrons. The van der Waals surface area contributed by atoms with Crippen LogP contribution < -0.4 is 14.2 Å². The molecule has 0 bridgehead atoms. The largest absolute Gasteiger partial charge is 0.497 e. The molecule has 0 fully saturated rings. The predicted molar refractivity (Wildman–Crippen MR) is 138 cm³/mol. The molecule has 8 heteroatoms. The number of aromatic nitrogens is 2. The average Bonchev–Trinajstić information content (AvgIpc) is 3.44. The Morgan fingerprint density at radius 2 is 1.78 bits per heavy atom. The highest BCUT2D eigenvalue weighted by molar-refractivity contribution is 6.00. The van der Waals surface area contributed by atoms with Crippen LogP contribution in [0, 0.1) is 0 Å². The normalized spacial score (nSPS) is 14.7. The highest BCUT2D eigenvalue weighted by atomic mass is 16.5. The van der Waals surface area contributed by atoms with Crippen LogP contribution in [0.3, 0.4) is 0 Å². The summed E-state index contributed by atoms with van der Waals surface area (Å²) < 4.78 is 22.5. The number of ether oxygens (including phenoxy) is 4. The maximum atomic E-state index is 13.5. The quantitative estimate of drug-likeness (QED) is 0.328. The average molecular weight is 494 g/mol. The predicted octanol–water partition coefficient (Wildman–Crippen LogP) is 5.24. The minimum Gasteiger partial charge on any atom is -0.497 e. The molecule has 2 heterocycles. The van der Waals surface area contributed by atoms with E-state index >= 15 is 0 Å². The van der Waals surface area contributed by atoms with Gasteiger partial charge >= 0.3 is 0 Å². The van der Waals surface area contributed by atoms with E-state index in [1.165, 1.54) is 0 Å². The molecule has 1 aliphatic heterocycles. The number of methoxy groups -OCH3 is 2. The molecule has 4 rings (SSSR count). The number of nitrogens with zero attached hydrogens (tertiary/aromatic N) is 2. The lowest BCUT2D eigenvalue weighted by Gasteiger charge is -2.27. The summed E-state index contributed by atoms with van der Waals surface area (Å²) in [7, 11) is 3.31. The smallest absolute Gasteiger partial charge is 0.273 e. The van der Waals surface area contributed by atoms with Gasteiger partial charge in [-0.15, -0.1) is 0 Å². The first-order chi connectivity index (χ1) is 17.6. The SMILES string of the molecule is CCCCOc1ccc(C2c3c(-c4ccc(OC)cc4)n[nH]c3C(=O)N2CCCOC)cc1OCC. The van der Waals surface area contributed by atoms with Gasteiger partial charge < -0.3 is 23.8 Å². The van der Waals surface area contributed by atoms with Gasteiger partial charge in [0.15, 0.2) is 11.5 Å². The van der Waals surface area contributed by atoms with Crippen LogP contribution in [-0.2, 0) is 4.74 Å². The molecule has 1 amide bonds. The van der Waals surface area contributed by atoms with E-state index < -0.39 is 0 Å². The van der Waals surface area contributed by atoms with E-state index in [4.69, 9.17) is 18.9 Å². The maximum absolute atomic E-state index is 13.5.